The van der Waals surface area contributed by atoms with Crippen molar-refractivity contribution in [3.63, 3.8) is 0 Å². The van der Waals surface area contributed by atoms with Crippen molar-refractivity contribution in [2.75, 3.05) is 25.5 Å². The summed E-state index contributed by atoms with van der Waals surface area (Å²) in [5, 5.41) is 5.42. The molecule has 7 nitrogen and oxygen atoms in total. The summed E-state index contributed by atoms with van der Waals surface area (Å²) in [7, 11) is -1.91. The van der Waals surface area contributed by atoms with Gasteiger partial charge in [-0.25, -0.2) is 8.42 Å². The van der Waals surface area contributed by atoms with E-state index in [-0.39, 0.29) is 23.1 Å². The Hall–Kier alpha value is -2.71. The molecular weight excluding hydrogens is 402 g/mol. The minimum Gasteiger partial charge on any atom is -0.355 e. The van der Waals surface area contributed by atoms with Gasteiger partial charge in [0.05, 0.1) is 4.90 Å². The van der Waals surface area contributed by atoms with E-state index >= 15 is 0 Å². The topological polar surface area (TPSA) is 95.6 Å². The number of carbonyl (C=O) groups is 2. The van der Waals surface area contributed by atoms with Crippen LogP contribution in [0.5, 0.6) is 0 Å². The van der Waals surface area contributed by atoms with Crippen LogP contribution in [0.15, 0.2) is 47.4 Å². The molecule has 162 valence electrons. The predicted octanol–water partition coefficient (Wildman–Crippen LogP) is 2.96. The maximum absolute atomic E-state index is 12.5. The Labute approximate surface area is 178 Å². The van der Waals surface area contributed by atoms with Crippen LogP contribution in [-0.4, -0.2) is 44.7 Å². The first kappa shape index (κ1) is 23.6. The zero-order chi connectivity index (χ0) is 22.3. The SMILES string of the molecule is CCN(CC)S(=O)(=O)c1ccc(CCC(=O)Nc2ccc(C(=O)NC)cc2C)cc1. The largest absolute Gasteiger partial charge is 0.355 e. The second kappa shape index (κ2) is 10.4. The molecule has 0 atom stereocenters. The van der Waals surface area contributed by atoms with E-state index in [0.29, 0.717) is 30.8 Å². The number of carbonyl (C=O) groups excluding carboxylic acids is 2. The molecule has 8 heteroatoms. The Balaban J connectivity index is 1.98. The zero-order valence-corrected chi connectivity index (χ0v) is 18.7. The first-order valence-electron chi connectivity index (χ1n) is 9.94. The van der Waals surface area contributed by atoms with Crippen molar-refractivity contribution in [1.29, 1.82) is 0 Å². The molecule has 0 radical (unpaired) electrons. The van der Waals surface area contributed by atoms with Gasteiger partial charge in [0.15, 0.2) is 0 Å². The molecule has 0 saturated carbocycles. The lowest BCUT2D eigenvalue weighted by molar-refractivity contribution is -0.116. The monoisotopic (exact) mass is 431 g/mol. The smallest absolute Gasteiger partial charge is 0.251 e. The standard InChI is InChI=1S/C22H29N3O4S/c1-5-25(6-2)30(28,29)19-11-7-17(8-12-19)9-14-21(26)24-20-13-10-18(15-16(20)3)22(27)23-4/h7-8,10-13,15H,5-6,9,14H2,1-4H3,(H,23,27)(H,24,26). The molecular formula is C22H29N3O4S. The molecule has 0 aliphatic rings. The number of nitrogens with zero attached hydrogens (tertiary/aromatic N) is 1. The van der Waals surface area contributed by atoms with Gasteiger partial charge in [-0.15, -0.1) is 0 Å². The van der Waals surface area contributed by atoms with Gasteiger partial charge in [0, 0.05) is 37.8 Å². The number of benzene rings is 2. The molecule has 0 unspecified atom stereocenters. The number of aryl methyl sites for hydroxylation is 2. The Morgan fingerprint density at radius 2 is 1.63 bits per heavy atom. The van der Waals surface area contributed by atoms with Crippen molar-refractivity contribution in [1.82, 2.24) is 9.62 Å². The number of rotatable bonds is 9. The maximum Gasteiger partial charge on any atom is 0.251 e. The third-order valence-corrected chi connectivity index (χ3v) is 6.96. The molecule has 2 N–H and O–H groups in total. The highest BCUT2D eigenvalue weighted by atomic mass is 32.2. The van der Waals surface area contributed by atoms with E-state index in [4.69, 9.17) is 0 Å². The van der Waals surface area contributed by atoms with Gasteiger partial charge in [0.2, 0.25) is 15.9 Å². The third kappa shape index (κ3) is 5.67. The summed E-state index contributed by atoms with van der Waals surface area (Å²) in [5.41, 5.74) is 2.88. The summed E-state index contributed by atoms with van der Waals surface area (Å²) >= 11 is 0. The van der Waals surface area contributed by atoms with Gasteiger partial charge in [0.25, 0.3) is 5.91 Å². The number of sulfonamides is 1. The Kier molecular flexibility index (Phi) is 8.14. The minimum atomic E-state index is -3.48. The molecule has 0 saturated heterocycles. The second-order valence-electron chi connectivity index (χ2n) is 6.89. The average molecular weight is 432 g/mol. The fraction of sp³-hybridized carbons (Fsp3) is 0.364. The first-order valence-corrected chi connectivity index (χ1v) is 11.4. The number of hydrogen-bond acceptors (Lipinski definition) is 4. The summed E-state index contributed by atoms with van der Waals surface area (Å²) < 4.78 is 26.5. The highest BCUT2D eigenvalue weighted by Gasteiger charge is 2.21. The van der Waals surface area contributed by atoms with Crippen LogP contribution in [0.25, 0.3) is 0 Å². The van der Waals surface area contributed by atoms with Crippen molar-refractivity contribution in [3.8, 4) is 0 Å². The van der Waals surface area contributed by atoms with Gasteiger partial charge in [0.1, 0.15) is 0 Å². The van der Waals surface area contributed by atoms with Crippen LogP contribution in [-0.2, 0) is 21.2 Å². The lowest BCUT2D eigenvalue weighted by atomic mass is 10.1. The van der Waals surface area contributed by atoms with Crippen molar-refractivity contribution in [2.24, 2.45) is 0 Å². The summed E-state index contributed by atoms with van der Waals surface area (Å²) in [5.74, 6) is -0.326. The van der Waals surface area contributed by atoms with Crippen LogP contribution >= 0.6 is 0 Å². The molecule has 2 aromatic carbocycles. The van der Waals surface area contributed by atoms with E-state index in [9.17, 15) is 18.0 Å². The van der Waals surface area contributed by atoms with Gasteiger partial charge < -0.3 is 10.6 Å². The van der Waals surface area contributed by atoms with Gasteiger partial charge in [-0.3, -0.25) is 9.59 Å². The molecule has 0 aliphatic heterocycles. The molecule has 0 bridgehead atoms. The Bertz CT molecular complexity index is 998. The predicted molar refractivity (Wildman–Crippen MR) is 118 cm³/mol. The van der Waals surface area contributed by atoms with E-state index in [1.807, 2.05) is 20.8 Å². The molecule has 2 rings (SSSR count). The summed E-state index contributed by atoms with van der Waals surface area (Å²) in [6.45, 7) is 6.29. The van der Waals surface area contributed by atoms with Crippen molar-refractivity contribution < 1.29 is 18.0 Å². The average Bonchev–Trinajstić information content (AvgIpc) is 2.74. The van der Waals surface area contributed by atoms with Gasteiger partial charge in [-0.2, -0.15) is 4.31 Å². The summed E-state index contributed by atoms with van der Waals surface area (Å²) in [6, 6.07) is 11.8. The number of anilines is 1. The van der Waals surface area contributed by atoms with E-state index in [1.165, 1.54) is 4.31 Å². The lowest BCUT2D eigenvalue weighted by Gasteiger charge is -2.18. The quantitative estimate of drug-likeness (QED) is 0.638. The van der Waals surface area contributed by atoms with Crippen LogP contribution in [0, 0.1) is 6.92 Å². The van der Waals surface area contributed by atoms with E-state index in [0.717, 1.165) is 11.1 Å². The first-order chi connectivity index (χ1) is 14.2. The Morgan fingerprint density at radius 3 is 2.17 bits per heavy atom. The fourth-order valence-corrected chi connectivity index (χ4v) is 4.56. The molecule has 2 amide bonds. The number of nitrogens with one attached hydrogen (secondary N) is 2. The summed E-state index contributed by atoms with van der Waals surface area (Å²) in [4.78, 5) is 24.2. The zero-order valence-electron chi connectivity index (χ0n) is 17.9. The minimum absolute atomic E-state index is 0.148. The lowest BCUT2D eigenvalue weighted by Crippen LogP contribution is -2.30. The number of hydrogen-bond donors (Lipinski definition) is 2. The molecule has 30 heavy (non-hydrogen) atoms. The summed E-state index contributed by atoms with van der Waals surface area (Å²) in [6.07, 6.45) is 0.756. The van der Waals surface area contributed by atoms with E-state index in [2.05, 4.69) is 10.6 Å². The fourth-order valence-electron chi connectivity index (χ4n) is 3.10. The maximum atomic E-state index is 12.5. The molecule has 0 spiro atoms. The highest BCUT2D eigenvalue weighted by molar-refractivity contribution is 7.89. The molecule has 0 aromatic heterocycles. The molecule has 2 aromatic rings. The van der Waals surface area contributed by atoms with Gasteiger partial charge >= 0.3 is 0 Å². The second-order valence-corrected chi connectivity index (χ2v) is 8.83. The normalized spacial score (nSPS) is 11.4. The van der Waals surface area contributed by atoms with Crippen molar-refractivity contribution >= 4 is 27.5 Å². The molecule has 0 fully saturated rings. The van der Waals surface area contributed by atoms with Crippen LogP contribution in [0.4, 0.5) is 5.69 Å². The molecule has 0 heterocycles. The van der Waals surface area contributed by atoms with Crippen molar-refractivity contribution in [2.45, 2.75) is 38.5 Å². The number of amides is 2. The van der Waals surface area contributed by atoms with E-state index in [1.54, 1.807) is 49.5 Å². The van der Waals surface area contributed by atoms with Gasteiger partial charge in [-0.1, -0.05) is 26.0 Å². The van der Waals surface area contributed by atoms with Gasteiger partial charge in [-0.05, 0) is 54.8 Å². The van der Waals surface area contributed by atoms with E-state index < -0.39 is 10.0 Å². The van der Waals surface area contributed by atoms with Crippen LogP contribution < -0.4 is 10.6 Å². The third-order valence-electron chi connectivity index (χ3n) is 4.90. The highest BCUT2D eigenvalue weighted by Crippen LogP contribution is 2.19. The van der Waals surface area contributed by atoms with Crippen LogP contribution in [0.1, 0.15) is 41.8 Å². The van der Waals surface area contributed by atoms with Crippen LogP contribution in [0.3, 0.4) is 0 Å². The van der Waals surface area contributed by atoms with Crippen LogP contribution in [0.2, 0.25) is 0 Å². The van der Waals surface area contributed by atoms with Crippen molar-refractivity contribution in [3.05, 3.63) is 59.2 Å². The Morgan fingerprint density at radius 1 is 1.00 bits per heavy atom. The molecule has 0 aliphatic carbocycles.